The van der Waals surface area contributed by atoms with Crippen molar-refractivity contribution in [3.63, 3.8) is 0 Å². The Morgan fingerprint density at radius 2 is 2.14 bits per heavy atom. The molecule has 0 fully saturated rings. The van der Waals surface area contributed by atoms with Gasteiger partial charge in [0.05, 0.1) is 10.2 Å². The topological polar surface area (TPSA) is 85.1 Å². The third-order valence-electron chi connectivity index (χ3n) is 2.86. The lowest BCUT2D eigenvalue weighted by molar-refractivity contribution is -0.115. The Hall–Kier alpha value is -1.47. The Labute approximate surface area is 130 Å². The molecule has 2 aromatic rings. The molecule has 21 heavy (non-hydrogen) atoms. The summed E-state index contributed by atoms with van der Waals surface area (Å²) in [5, 5.41) is 3.29. The smallest absolute Gasteiger partial charge is 0.227 e. The lowest BCUT2D eigenvalue weighted by Gasteiger charge is -2.17. The molecule has 0 aliphatic rings. The van der Waals surface area contributed by atoms with Gasteiger partial charge < -0.3 is 11.1 Å². The lowest BCUT2D eigenvalue weighted by atomic mass is 10.3. The van der Waals surface area contributed by atoms with Crippen molar-refractivity contribution in [2.24, 2.45) is 0 Å². The van der Waals surface area contributed by atoms with Crippen LogP contribution < -0.4 is 11.1 Å². The monoisotopic (exact) mass is 325 g/mol. The van der Waals surface area contributed by atoms with Crippen LogP contribution in [-0.2, 0) is 15.6 Å². The van der Waals surface area contributed by atoms with Crippen molar-refractivity contribution >= 4 is 49.1 Å². The van der Waals surface area contributed by atoms with Crippen LogP contribution in [0.5, 0.6) is 0 Å². The first-order valence-corrected chi connectivity index (χ1v) is 8.73. The van der Waals surface area contributed by atoms with Crippen molar-refractivity contribution in [1.29, 1.82) is 0 Å². The number of anilines is 2. The number of nitrogens with two attached hydrogens (primary N) is 1. The summed E-state index contributed by atoms with van der Waals surface area (Å²) < 4.78 is 12.5. The third kappa shape index (κ3) is 4.25. The van der Waals surface area contributed by atoms with Crippen molar-refractivity contribution in [1.82, 2.24) is 4.98 Å². The van der Waals surface area contributed by atoms with Gasteiger partial charge in [-0.1, -0.05) is 11.3 Å². The van der Waals surface area contributed by atoms with Gasteiger partial charge in [-0.15, -0.1) is 0 Å². The molecule has 3 N–H and O–H groups in total. The standard InChI is InChI=1S/C14H19N3O2S2/c1-14(2,3)21(19)7-6-12(18)17-13-16-10-5-4-9(15)8-11(10)20-13/h4-5,8H,6-7,15H2,1-3H3,(H,16,17,18). The number of aromatic nitrogens is 1. The van der Waals surface area contributed by atoms with E-state index in [1.54, 1.807) is 6.07 Å². The molecule has 0 aliphatic heterocycles. The van der Waals surface area contributed by atoms with Gasteiger partial charge in [0, 0.05) is 33.4 Å². The first kappa shape index (κ1) is 15.9. The fraction of sp³-hybridized carbons (Fsp3) is 0.429. The highest BCUT2D eigenvalue weighted by Crippen LogP contribution is 2.27. The van der Waals surface area contributed by atoms with Crippen LogP contribution in [0.3, 0.4) is 0 Å². The quantitative estimate of drug-likeness (QED) is 0.847. The van der Waals surface area contributed by atoms with Crippen LogP contribution in [-0.4, -0.2) is 25.6 Å². The zero-order valence-corrected chi connectivity index (χ0v) is 13.9. The zero-order valence-electron chi connectivity index (χ0n) is 12.3. The molecule has 1 atom stereocenters. The highest BCUT2D eigenvalue weighted by atomic mass is 32.2. The molecule has 1 aromatic carbocycles. The van der Waals surface area contributed by atoms with Crippen LogP contribution in [0, 0.1) is 0 Å². The van der Waals surface area contributed by atoms with Crippen LogP contribution in [0.2, 0.25) is 0 Å². The molecule has 0 saturated carbocycles. The number of hydrogen-bond donors (Lipinski definition) is 2. The Morgan fingerprint density at radius 3 is 2.81 bits per heavy atom. The van der Waals surface area contributed by atoms with Gasteiger partial charge in [0.1, 0.15) is 0 Å². The van der Waals surface area contributed by atoms with E-state index in [1.165, 1.54) is 11.3 Å². The second-order valence-corrected chi connectivity index (χ2v) is 9.06. The van der Waals surface area contributed by atoms with Gasteiger partial charge in [-0.05, 0) is 39.0 Å². The van der Waals surface area contributed by atoms with Gasteiger partial charge in [-0.2, -0.15) is 0 Å². The number of benzene rings is 1. The Balaban J connectivity index is 1.97. The molecule has 1 aromatic heterocycles. The number of carbonyl (C=O) groups is 1. The highest BCUT2D eigenvalue weighted by Gasteiger charge is 2.20. The van der Waals surface area contributed by atoms with Gasteiger partial charge in [0.15, 0.2) is 5.13 Å². The van der Waals surface area contributed by atoms with Gasteiger partial charge >= 0.3 is 0 Å². The number of carbonyl (C=O) groups excluding carboxylic acids is 1. The number of amides is 1. The first-order valence-electron chi connectivity index (χ1n) is 6.60. The fourth-order valence-corrected chi connectivity index (χ4v) is 3.58. The summed E-state index contributed by atoms with van der Waals surface area (Å²) in [5.74, 6) is 0.187. The zero-order chi connectivity index (χ0) is 15.6. The SMILES string of the molecule is CC(C)(C)S(=O)CCC(=O)Nc1nc2ccc(N)cc2s1. The van der Waals surface area contributed by atoms with Crippen LogP contribution in [0.1, 0.15) is 27.2 Å². The molecule has 1 unspecified atom stereocenters. The number of fused-ring (bicyclic) bond motifs is 1. The minimum atomic E-state index is -1.03. The number of thiazole rings is 1. The molecule has 0 aliphatic carbocycles. The first-order chi connectivity index (χ1) is 9.75. The largest absolute Gasteiger partial charge is 0.399 e. The van der Waals surface area contributed by atoms with E-state index in [1.807, 2.05) is 32.9 Å². The van der Waals surface area contributed by atoms with Crippen LogP contribution >= 0.6 is 11.3 Å². The minimum absolute atomic E-state index is 0.167. The molecule has 2 rings (SSSR count). The van der Waals surface area contributed by atoms with Gasteiger partial charge in [0.2, 0.25) is 5.91 Å². The average molecular weight is 325 g/mol. The number of nitrogens with one attached hydrogen (secondary N) is 1. The van der Waals surface area contributed by atoms with E-state index in [0.717, 1.165) is 10.2 Å². The molecule has 0 bridgehead atoms. The van der Waals surface area contributed by atoms with Gasteiger partial charge in [0.25, 0.3) is 0 Å². The molecule has 114 valence electrons. The van der Waals surface area contributed by atoms with E-state index in [9.17, 15) is 9.00 Å². The maximum atomic E-state index is 11.9. The summed E-state index contributed by atoms with van der Waals surface area (Å²) in [6, 6.07) is 5.43. The molecular formula is C14H19N3O2S2. The Bertz CT molecular complexity index is 689. The highest BCUT2D eigenvalue weighted by molar-refractivity contribution is 7.86. The third-order valence-corrected chi connectivity index (χ3v) is 5.73. The second-order valence-electron chi connectivity index (χ2n) is 5.71. The summed E-state index contributed by atoms with van der Waals surface area (Å²) in [4.78, 5) is 16.2. The minimum Gasteiger partial charge on any atom is -0.399 e. The second kappa shape index (κ2) is 6.11. The predicted octanol–water partition coefficient (Wildman–Crippen LogP) is 2.75. The van der Waals surface area contributed by atoms with E-state index in [2.05, 4.69) is 10.3 Å². The number of nitrogens with zero attached hydrogens (tertiary/aromatic N) is 1. The lowest BCUT2D eigenvalue weighted by Crippen LogP contribution is -2.26. The van der Waals surface area contributed by atoms with Crippen LogP contribution in [0.15, 0.2) is 18.2 Å². The summed E-state index contributed by atoms with van der Waals surface area (Å²) in [5.41, 5.74) is 7.19. The molecular weight excluding hydrogens is 306 g/mol. The Morgan fingerprint density at radius 1 is 1.43 bits per heavy atom. The van der Waals surface area contributed by atoms with Crippen LogP contribution in [0.4, 0.5) is 10.8 Å². The molecule has 0 radical (unpaired) electrons. The van der Waals surface area contributed by atoms with Crippen molar-refractivity contribution < 1.29 is 9.00 Å². The van der Waals surface area contributed by atoms with E-state index >= 15 is 0 Å². The number of nitrogen functional groups attached to an aromatic ring is 1. The van der Waals surface area contributed by atoms with Crippen molar-refractivity contribution in [2.45, 2.75) is 31.9 Å². The Kier molecular flexibility index (Phi) is 4.63. The maximum absolute atomic E-state index is 11.9. The van der Waals surface area contributed by atoms with E-state index in [-0.39, 0.29) is 17.1 Å². The molecule has 7 heteroatoms. The van der Waals surface area contributed by atoms with E-state index in [4.69, 9.17) is 5.73 Å². The fourth-order valence-electron chi connectivity index (χ4n) is 1.67. The van der Waals surface area contributed by atoms with Crippen molar-refractivity contribution in [3.05, 3.63) is 18.2 Å². The van der Waals surface area contributed by atoms with Crippen molar-refractivity contribution in [2.75, 3.05) is 16.8 Å². The summed E-state index contributed by atoms with van der Waals surface area (Å²) >= 11 is 1.38. The summed E-state index contributed by atoms with van der Waals surface area (Å²) in [6.45, 7) is 5.71. The molecule has 0 saturated heterocycles. The van der Waals surface area contributed by atoms with Gasteiger partial charge in [-0.3, -0.25) is 9.00 Å². The average Bonchev–Trinajstić information content (AvgIpc) is 2.75. The predicted molar refractivity (Wildman–Crippen MR) is 90.0 cm³/mol. The van der Waals surface area contributed by atoms with Crippen LogP contribution in [0.25, 0.3) is 10.2 Å². The molecule has 5 nitrogen and oxygen atoms in total. The van der Waals surface area contributed by atoms with Gasteiger partial charge in [-0.25, -0.2) is 4.98 Å². The summed E-state index contributed by atoms with van der Waals surface area (Å²) in [7, 11) is -1.03. The van der Waals surface area contributed by atoms with Crippen molar-refractivity contribution in [3.8, 4) is 0 Å². The molecule has 0 spiro atoms. The number of hydrogen-bond acceptors (Lipinski definition) is 5. The molecule has 1 amide bonds. The van der Waals surface area contributed by atoms with E-state index in [0.29, 0.717) is 16.6 Å². The summed E-state index contributed by atoms with van der Waals surface area (Å²) in [6.07, 6.45) is 0.224. The molecule has 1 heterocycles. The maximum Gasteiger partial charge on any atom is 0.227 e. The van der Waals surface area contributed by atoms with E-state index < -0.39 is 10.8 Å². The normalized spacial score (nSPS) is 13.3. The number of rotatable bonds is 4.